The van der Waals surface area contributed by atoms with Crippen molar-refractivity contribution in [2.24, 2.45) is 0 Å². The zero-order valence-corrected chi connectivity index (χ0v) is 9.85. The van der Waals surface area contributed by atoms with Crippen LogP contribution in [0.1, 0.15) is 5.56 Å². The van der Waals surface area contributed by atoms with Crippen LogP contribution in [0.25, 0.3) is 16.8 Å². The van der Waals surface area contributed by atoms with Crippen molar-refractivity contribution in [3.05, 3.63) is 62.7 Å². The molecule has 0 N–H and O–H groups in total. The van der Waals surface area contributed by atoms with E-state index in [2.05, 4.69) is 15.9 Å². The van der Waals surface area contributed by atoms with Crippen LogP contribution in [0.2, 0.25) is 0 Å². The van der Waals surface area contributed by atoms with Gasteiger partial charge in [-0.25, -0.2) is 0 Å². The molecule has 2 aromatic carbocycles. The van der Waals surface area contributed by atoms with Crippen LogP contribution in [0, 0.1) is 10.1 Å². The first kappa shape index (κ1) is 10.8. The van der Waals surface area contributed by atoms with E-state index in [4.69, 9.17) is 0 Å². The quantitative estimate of drug-likeness (QED) is 0.618. The van der Waals surface area contributed by atoms with E-state index in [0.29, 0.717) is 0 Å². The number of halogens is 1. The molecule has 0 aliphatic rings. The summed E-state index contributed by atoms with van der Waals surface area (Å²) in [5.41, 5.74) is 0.801. The Kier molecular flexibility index (Phi) is 3.01. The van der Waals surface area contributed by atoms with E-state index < -0.39 is 4.92 Å². The van der Waals surface area contributed by atoms with E-state index in [1.165, 1.54) is 6.08 Å². The van der Waals surface area contributed by atoms with Gasteiger partial charge in [-0.15, -0.1) is 0 Å². The van der Waals surface area contributed by atoms with Crippen LogP contribution >= 0.6 is 15.9 Å². The first-order valence-electron chi connectivity index (χ1n) is 4.67. The van der Waals surface area contributed by atoms with Crippen LogP contribution < -0.4 is 0 Å². The molecule has 0 heterocycles. The highest BCUT2D eigenvalue weighted by molar-refractivity contribution is 9.10. The summed E-state index contributed by atoms with van der Waals surface area (Å²) in [5, 5.41) is 12.4. The largest absolute Gasteiger partial charge is 0.259 e. The molecule has 0 aliphatic carbocycles. The van der Waals surface area contributed by atoms with Gasteiger partial charge < -0.3 is 0 Å². The van der Waals surface area contributed by atoms with Crippen LogP contribution in [0.4, 0.5) is 0 Å². The smallest absolute Gasteiger partial charge is 0.235 e. The maximum Gasteiger partial charge on any atom is 0.235 e. The van der Waals surface area contributed by atoms with Crippen molar-refractivity contribution >= 4 is 32.8 Å². The monoisotopic (exact) mass is 277 g/mol. The molecule has 3 nitrogen and oxygen atoms in total. The van der Waals surface area contributed by atoms with E-state index in [-0.39, 0.29) is 0 Å². The molecule has 4 heteroatoms. The second kappa shape index (κ2) is 4.45. The van der Waals surface area contributed by atoms with Gasteiger partial charge in [-0.3, -0.25) is 10.1 Å². The van der Waals surface area contributed by atoms with Gasteiger partial charge in [-0.2, -0.15) is 0 Å². The van der Waals surface area contributed by atoms with Crippen molar-refractivity contribution < 1.29 is 4.92 Å². The number of nitro groups is 1. The van der Waals surface area contributed by atoms with Gasteiger partial charge in [0.1, 0.15) is 0 Å². The minimum absolute atomic E-state index is 0.471. The minimum Gasteiger partial charge on any atom is -0.259 e. The number of hydrogen-bond donors (Lipinski definition) is 0. The lowest BCUT2D eigenvalue weighted by Crippen LogP contribution is -1.84. The summed E-state index contributed by atoms with van der Waals surface area (Å²) >= 11 is 3.39. The molecule has 2 aromatic rings. The standard InChI is InChI=1S/C12H8BrNO2/c13-12-8-10-4-2-1-3-9(10)7-11(12)5-6-14(15)16/h1-8H/b6-5+. The number of hydrogen-bond acceptors (Lipinski definition) is 2. The molecular weight excluding hydrogens is 270 g/mol. The Hall–Kier alpha value is -1.68. The Labute approximate surface area is 101 Å². The van der Waals surface area contributed by atoms with Crippen molar-refractivity contribution in [1.82, 2.24) is 0 Å². The molecule has 16 heavy (non-hydrogen) atoms. The SMILES string of the molecule is O=[N+]([O-])/C=C/c1cc2ccccc2cc1Br. The van der Waals surface area contributed by atoms with Gasteiger partial charge in [-0.1, -0.05) is 40.2 Å². The van der Waals surface area contributed by atoms with Gasteiger partial charge in [0.15, 0.2) is 0 Å². The normalized spacial score (nSPS) is 11.1. The lowest BCUT2D eigenvalue weighted by atomic mass is 10.1. The predicted octanol–water partition coefficient (Wildman–Crippen LogP) is 3.85. The molecule has 0 fully saturated rings. The first-order valence-corrected chi connectivity index (χ1v) is 5.46. The summed E-state index contributed by atoms with van der Waals surface area (Å²) in [4.78, 5) is 9.78. The number of rotatable bonds is 2. The van der Waals surface area contributed by atoms with Crippen molar-refractivity contribution in [1.29, 1.82) is 0 Å². The Morgan fingerprint density at radius 1 is 1.19 bits per heavy atom. The minimum atomic E-state index is -0.471. The molecule has 0 aliphatic heterocycles. The molecule has 2 rings (SSSR count). The van der Waals surface area contributed by atoms with Gasteiger partial charge in [0, 0.05) is 10.5 Å². The Morgan fingerprint density at radius 3 is 2.44 bits per heavy atom. The average Bonchev–Trinajstić information content (AvgIpc) is 2.26. The lowest BCUT2D eigenvalue weighted by Gasteiger charge is -2.01. The number of nitrogens with zero attached hydrogens (tertiary/aromatic N) is 1. The second-order valence-corrected chi connectivity index (χ2v) is 4.18. The number of fused-ring (bicyclic) bond motifs is 1. The average molecular weight is 278 g/mol. The molecule has 0 aromatic heterocycles. The third kappa shape index (κ3) is 2.28. The predicted molar refractivity (Wildman–Crippen MR) is 67.7 cm³/mol. The van der Waals surface area contributed by atoms with Crippen LogP contribution in [-0.2, 0) is 0 Å². The molecular formula is C12H8BrNO2. The van der Waals surface area contributed by atoms with E-state index in [1.54, 1.807) is 0 Å². The summed E-state index contributed by atoms with van der Waals surface area (Å²) < 4.78 is 0.851. The van der Waals surface area contributed by atoms with Crippen molar-refractivity contribution in [2.45, 2.75) is 0 Å². The van der Waals surface area contributed by atoms with Crippen LogP contribution in [0.15, 0.2) is 47.1 Å². The van der Waals surface area contributed by atoms with E-state index in [0.717, 1.165) is 27.0 Å². The molecule has 0 amide bonds. The van der Waals surface area contributed by atoms with E-state index in [9.17, 15) is 10.1 Å². The molecule has 0 atom stereocenters. The maximum atomic E-state index is 10.3. The van der Waals surface area contributed by atoms with Crippen LogP contribution in [0.5, 0.6) is 0 Å². The second-order valence-electron chi connectivity index (χ2n) is 3.32. The van der Waals surface area contributed by atoms with Crippen molar-refractivity contribution in [3.63, 3.8) is 0 Å². The highest BCUT2D eigenvalue weighted by Gasteiger charge is 2.00. The van der Waals surface area contributed by atoms with Gasteiger partial charge in [0.05, 0.1) is 4.92 Å². The zero-order chi connectivity index (χ0) is 11.5. The Morgan fingerprint density at radius 2 is 1.81 bits per heavy atom. The fraction of sp³-hybridized carbons (Fsp3) is 0. The summed E-state index contributed by atoms with van der Waals surface area (Å²) in [6, 6.07) is 11.7. The highest BCUT2D eigenvalue weighted by Crippen LogP contribution is 2.25. The van der Waals surface area contributed by atoms with E-state index >= 15 is 0 Å². The number of benzene rings is 2. The van der Waals surface area contributed by atoms with Crippen LogP contribution in [0.3, 0.4) is 0 Å². The van der Waals surface area contributed by atoms with Gasteiger partial charge >= 0.3 is 0 Å². The zero-order valence-electron chi connectivity index (χ0n) is 8.26. The highest BCUT2D eigenvalue weighted by atomic mass is 79.9. The lowest BCUT2D eigenvalue weighted by molar-refractivity contribution is -0.400. The Bertz CT molecular complexity index is 578. The molecule has 0 saturated heterocycles. The molecule has 0 spiro atoms. The van der Waals surface area contributed by atoms with Gasteiger partial charge in [-0.05, 0) is 28.5 Å². The molecule has 0 saturated carbocycles. The fourth-order valence-corrected chi connectivity index (χ4v) is 1.99. The molecule has 0 radical (unpaired) electrons. The molecule has 0 bridgehead atoms. The fourth-order valence-electron chi connectivity index (χ4n) is 1.50. The van der Waals surface area contributed by atoms with Gasteiger partial charge in [0.25, 0.3) is 0 Å². The van der Waals surface area contributed by atoms with Crippen molar-refractivity contribution in [2.75, 3.05) is 0 Å². The molecule has 80 valence electrons. The third-order valence-electron chi connectivity index (χ3n) is 2.24. The third-order valence-corrected chi connectivity index (χ3v) is 2.93. The summed E-state index contributed by atoms with van der Waals surface area (Å²) in [6.45, 7) is 0. The summed E-state index contributed by atoms with van der Waals surface area (Å²) in [5.74, 6) is 0. The Balaban J connectivity index is 2.54. The topological polar surface area (TPSA) is 43.1 Å². The maximum absolute atomic E-state index is 10.3. The van der Waals surface area contributed by atoms with Gasteiger partial charge in [0.2, 0.25) is 6.20 Å². The first-order chi connectivity index (χ1) is 7.66. The van der Waals surface area contributed by atoms with Crippen LogP contribution in [-0.4, -0.2) is 4.92 Å². The summed E-state index contributed by atoms with van der Waals surface area (Å²) in [7, 11) is 0. The summed E-state index contributed by atoms with van der Waals surface area (Å²) in [6.07, 6.45) is 2.42. The van der Waals surface area contributed by atoms with Crippen molar-refractivity contribution in [3.8, 4) is 0 Å². The molecule has 0 unspecified atom stereocenters. The van der Waals surface area contributed by atoms with E-state index in [1.807, 2.05) is 36.4 Å².